The predicted molar refractivity (Wildman–Crippen MR) is 134 cm³/mol. The van der Waals surface area contributed by atoms with Gasteiger partial charge in [-0.25, -0.2) is 14.3 Å². The van der Waals surface area contributed by atoms with Gasteiger partial charge in [0, 0.05) is 31.2 Å². The molecular formula is C25H30N8O. The normalized spacial score (nSPS) is 13.8. The Morgan fingerprint density at radius 1 is 1.15 bits per heavy atom. The SMILES string of the molecule is CCn1c(=O)c2cnc(Nc3ccc4c(c3)CCNC4)nc2n1-c1ccnc(C(C)(C)NC)c1. The second-order valence-corrected chi connectivity index (χ2v) is 9.07. The zero-order chi connectivity index (χ0) is 23.9. The lowest BCUT2D eigenvalue weighted by molar-refractivity contribution is 0.430. The number of hydrogen-bond donors (Lipinski definition) is 3. The number of aromatic nitrogens is 5. The van der Waals surface area contributed by atoms with Crippen LogP contribution in [-0.2, 0) is 25.0 Å². The lowest BCUT2D eigenvalue weighted by atomic mass is 10.00. The maximum atomic E-state index is 13.1. The summed E-state index contributed by atoms with van der Waals surface area (Å²) in [5, 5.41) is 10.5. The van der Waals surface area contributed by atoms with Gasteiger partial charge < -0.3 is 16.0 Å². The topological polar surface area (TPSA) is 102 Å². The molecule has 9 nitrogen and oxygen atoms in total. The Morgan fingerprint density at radius 2 is 2.00 bits per heavy atom. The summed E-state index contributed by atoms with van der Waals surface area (Å²) in [6.45, 7) is 8.47. The van der Waals surface area contributed by atoms with E-state index < -0.39 is 0 Å². The Labute approximate surface area is 198 Å². The molecule has 0 saturated carbocycles. The summed E-state index contributed by atoms with van der Waals surface area (Å²) < 4.78 is 3.54. The lowest BCUT2D eigenvalue weighted by Gasteiger charge is -2.24. The van der Waals surface area contributed by atoms with Crippen LogP contribution in [0.4, 0.5) is 11.6 Å². The molecule has 3 aromatic heterocycles. The summed E-state index contributed by atoms with van der Waals surface area (Å²) in [6.07, 6.45) is 4.37. The molecule has 0 radical (unpaired) electrons. The molecule has 9 heteroatoms. The van der Waals surface area contributed by atoms with E-state index in [1.165, 1.54) is 11.1 Å². The molecule has 1 aliphatic rings. The highest BCUT2D eigenvalue weighted by molar-refractivity contribution is 5.77. The number of nitrogens with zero attached hydrogens (tertiary/aromatic N) is 5. The van der Waals surface area contributed by atoms with Crippen molar-refractivity contribution >= 4 is 22.7 Å². The van der Waals surface area contributed by atoms with E-state index in [9.17, 15) is 4.79 Å². The fraction of sp³-hybridized carbons (Fsp3) is 0.360. The fourth-order valence-electron chi connectivity index (χ4n) is 4.34. The molecule has 0 bridgehead atoms. The summed E-state index contributed by atoms with van der Waals surface area (Å²) in [5.41, 5.74) is 5.41. The number of pyridine rings is 1. The van der Waals surface area contributed by atoms with Crippen LogP contribution in [0.25, 0.3) is 16.7 Å². The van der Waals surface area contributed by atoms with Crippen molar-refractivity contribution in [3.63, 3.8) is 0 Å². The van der Waals surface area contributed by atoms with Crippen molar-refractivity contribution in [2.75, 3.05) is 18.9 Å². The van der Waals surface area contributed by atoms with Crippen LogP contribution in [0, 0.1) is 0 Å². The highest BCUT2D eigenvalue weighted by Crippen LogP contribution is 2.24. The third kappa shape index (κ3) is 3.86. The van der Waals surface area contributed by atoms with Gasteiger partial charge in [-0.05, 0) is 76.2 Å². The van der Waals surface area contributed by atoms with E-state index >= 15 is 0 Å². The Morgan fingerprint density at radius 3 is 2.79 bits per heavy atom. The summed E-state index contributed by atoms with van der Waals surface area (Å²) in [5.74, 6) is 0.452. The Balaban J connectivity index is 1.60. The third-order valence-corrected chi connectivity index (χ3v) is 6.58. The molecular weight excluding hydrogens is 428 g/mol. The minimum atomic E-state index is -0.319. The van der Waals surface area contributed by atoms with Crippen LogP contribution in [0.15, 0.2) is 47.5 Å². The summed E-state index contributed by atoms with van der Waals surface area (Å²) in [4.78, 5) is 26.9. The number of hydrogen-bond acceptors (Lipinski definition) is 7. The number of anilines is 2. The van der Waals surface area contributed by atoms with Gasteiger partial charge in [-0.3, -0.25) is 9.78 Å². The van der Waals surface area contributed by atoms with Crippen LogP contribution in [0.2, 0.25) is 0 Å². The van der Waals surface area contributed by atoms with E-state index in [0.717, 1.165) is 36.6 Å². The van der Waals surface area contributed by atoms with Crippen LogP contribution in [0.3, 0.4) is 0 Å². The monoisotopic (exact) mass is 458 g/mol. The number of nitrogens with one attached hydrogen (secondary N) is 3. The van der Waals surface area contributed by atoms with Crippen LogP contribution < -0.4 is 21.5 Å². The average Bonchev–Trinajstić information content (AvgIpc) is 3.14. The first-order chi connectivity index (χ1) is 16.4. The summed E-state index contributed by atoms with van der Waals surface area (Å²) in [7, 11) is 1.91. The van der Waals surface area contributed by atoms with Gasteiger partial charge in [-0.1, -0.05) is 6.07 Å². The summed E-state index contributed by atoms with van der Waals surface area (Å²) in [6, 6.07) is 10.2. The molecule has 0 fully saturated rings. The molecule has 1 aromatic carbocycles. The second kappa shape index (κ2) is 8.66. The minimum Gasteiger partial charge on any atom is -0.324 e. The highest BCUT2D eigenvalue weighted by Gasteiger charge is 2.22. The first-order valence-electron chi connectivity index (χ1n) is 11.6. The standard InChI is InChI=1S/C25H30N8O/c1-5-32-23(34)20-15-29-24(30-18-7-6-17-14-27-10-8-16(17)12-18)31-22(20)33(32)19-9-11-28-21(13-19)25(2,3)26-4/h6-7,9,11-13,15,26-27H,5,8,10,14H2,1-4H3,(H,29,30,31). The molecule has 0 amide bonds. The van der Waals surface area contributed by atoms with E-state index in [2.05, 4.69) is 51.9 Å². The van der Waals surface area contributed by atoms with Crippen molar-refractivity contribution < 1.29 is 0 Å². The van der Waals surface area contributed by atoms with E-state index in [1.807, 2.05) is 36.9 Å². The molecule has 0 atom stereocenters. The van der Waals surface area contributed by atoms with Gasteiger partial charge in [0.1, 0.15) is 5.39 Å². The first-order valence-corrected chi connectivity index (χ1v) is 11.6. The molecule has 5 rings (SSSR count). The van der Waals surface area contributed by atoms with E-state index in [-0.39, 0.29) is 11.1 Å². The van der Waals surface area contributed by atoms with Gasteiger partial charge in [0.25, 0.3) is 5.56 Å². The minimum absolute atomic E-state index is 0.114. The maximum absolute atomic E-state index is 13.1. The van der Waals surface area contributed by atoms with Crippen molar-refractivity contribution in [2.45, 2.75) is 45.8 Å². The zero-order valence-corrected chi connectivity index (χ0v) is 20.0. The molecule has 34 heavy (non-hydrogen) atoms. The number of benzene rings is 1. The largest absolute Gasteiger partial charge is 0.324 e. The van der Waals surface area contributed by atoms with Crippen LogP contribution in [-0.4, -0.2) is 37.9 Å². The first kappa shape index (κ1) is 22.2. The van der Waals surface area contributed by atoms with Crippen molar-refractivity contribution in [1.82, 2.24) is 34.9 Å². The molecule has 3 N–H and O–H groups in total. The smallest absolute Gasteiger partial charge is 0.278 e. The van der Waals surface area contributed by atoms with Gasteiger partial charge >= 0.3 is 0 Å². The van der Waals surface area contributed by atoms with Crippen molar-refractivity contribution in [3.05, 3.63) is 69.9 Å². The lowest BCUT2D eigenvalue weighted by Crippen LogP contribution is -2.34. The molecule has 0 saturated heterocycles. The highest BCUT2D eigenvalue weighted by atomic mass is 16.1. The molecule has 0 unspecified atom stereocenters. The van der Waals surface area contributed by atoms with Crippen molar-refractivity contribution in [3.8, 4) is 5.69 Å². The molecule has 4 aromatic rings. The molecule has 1 aliphatic heterocycles. The van der Waals surface area contributed by atoms with E-state index in [0.29, 0.717) is 23.5 Å². The van der Waals surface area contributed by atoms with E-state index in [1.54, 1.807) is 17.1 Å². The average molecular weight is 459 g/mol. The predicted octanol–water partition coefficient (Wildman–Crippen LogP) is 2.84. The van der Waals surface area contributed by atoms with Crippen molar-refractivity contribution in [2.24, 2.45) is 0 Å². The quantitative estimate of drug-likeness (QED) is 0.408. The van der Waals surface area contributed by atoms with E-state index in [4.69, 9.17) is 4.98 Å². The van der Waals surface area contributed by atoms with Gasteiger partial charge in [0.2, 0.25) is 5.95 Å². The van der Waals surface area contributed by atoms with Crippen LogP contribution in [0.5, 0.6) is 0 Å². The van der Waals surface area contributed by atoms with Crippen molar-refractivity contribution in [1.29, 1.82) is 0 Å². The van der Waals surface area contributed by atoms with Gasteiger partial charge in [0.05, 0.1) is 16.9 Å². The Hall–Kier alpha value is -3.56. The molecule has 4 heterocycles. The number of rotatable bonds is 6. The number of fused-ring (bicyclic) bond motifs is 2. The van der Waals surface area contributed by atoms with Crippen LogP contribution in [0.1, 0.15) is 37.6 Å². The molecule has 0 spiro atoms. The molecule has 0 aliphatic carbocycles. The Bertz CT molecular complexity index is 1420. The van der Waals surface area contributed by atoms with Gasteiger partial charge in [-0.15, -0.1) is 0 Å². The second-order valence-electron chi connectivity index (χ2n) is 9.07. The Kier molecular flexibility index (Phi) is 5.66. The van der Waals surface area contributed by atoms with Crippen LogP contribution >= 0.6 is 0 Å². The van der Waals surface area contributed by atoms with Gasteiger partial charge in [-0.2, -0.15) is 4.98 Å². The fourth-order valence-corrected chi connectivity index (χ4v) is 4.34. The summed E-state index contributed by atoms with van der Waals surface area (Å²) >= 11 is 0. The zero-order valence-electron chi connectivity index (χ0n) is 20.0. The molecule has 176 valence electrons. The third-order valence-electron chi connectivity index (χ3n) is 6.58. The maximum Gasteiger partial charge on any atom is 0.278 e. The van der Waals surface area contributed by atoms with Gasteiger partial charge in [0.15, 0.2) is 5.65 Å².